The predicted octanol–water partition coefficient (Wildman–Crippen LogP) is 5.84. The van der Waals surface area contributed by atoms with Gasteiger partial charge in [0.1, 0.15) is 24.2 Å². The topological polar surface area (TPSA) is 157 Å². The number of ether oxygens (including phenoxy) is 1. The van der Waals surface area contributed by atoms with Crippen LogP contribution in [0.25, 0.3) is 0 Å². The second-order valence-electron chi connectivity index (χ2n) is 13.9. The summed E-state index contributed by atoms with van der Waals surface area (Å²) in [7, 11) is 0. The number of thioether (sulfide) groups is 1. The Bertz CT molecular complexity index is 1810. The summed E-state index contributed by atoms with van der Waals surface area (Å²) >= 11 is 1.80. The maximum Gasteiger partial charge on any atom is 0.303 e. The van der Waals surface area contributed by atoms with Gasteiger partial charge in [-0.05, 0) is 53.3 Å². The van der Waals surface area contributed by atoms with Crippen molar-refractivity contribution in [2.45, 2.75) is 75.9 Å². The number of benzene rings is 4. The van der Waals surface area contributed by atoms with Crippen LogP contribution in [0, 0.1) is 5.92 Å². The van der Waals surface area contributed by atoms with Gasteiger partial charge < -0.3 is 26.4 Å². The molecular weight excluding hydrogens is 725 g/mol. The molecule has 4 aromatic rings. The van der Waals surface area contributed by atoms with E-state index in [0.29, 0.717) is 12.2 Å². The van der Waals surface area contributed by atoms with Crippen LogP contribution in [0.2, 0.25) is 0 Å². The van der Waals surface area contributed by atoms with Gasteiger partial charge in [0.15, 0.2) is 0 Å². The molecule has 0 unspecified atom stereocenters. The first kappa shape index (κ1) is 43.1. The van der Waals surface area contributed by atoms with Crippen LogP contribution >= 0.6 is 11.8 Å². The van der Waals surface area contributed by atoms with Gasteiger partial charge in [-0.25, -0.2) is 0 Å². The first-order chi connectivity index (χ1) is 26.9. The number of carbonyl (C=O) groups is 5. The molecule has 0 fully saturated rings. The number of rotatable bonds is 20. The van der Waals surface area contributed by atoms with Crippen LogP contribution in [0.15, 0.2) is 133 Å². The minimum atomic E-state index is -1.05. The van der Waals surface area contributed by atoms with Crippen molar-refractivity contribution >= 4 is 41.4 Å². The quantitative estimate of drug-likeness (QED) is 0.0381. The van der Waals surface area contributed by atoms with Crippen molar-refractivity contribution in [3.05, 3.63) is 156 Å². The van der Waals surface area contributed by atoms with Crippen molar-refractivity contribution < 1.29 is 28.7 Å². The van der Waals surface area contributed by atoms with E-state index in [1.165, 1.54) is 13.8 Å². The van der Waals surface area contributed by atoms with E-state index in [0.717, 1.165) is 22.3 Å². The van der Waals surface area contributed by atoms with Crippen molar-refractivity contribution in [3.8, 4) is 0 Å². The smallest absolute Gasteiger partial charge is 0.303 e. The van der Waals surface area contributed by atoms with E-state index < -0.39 is 58.6 Å². The van der Waals surface area contributed by atoms with Gasteiger partial charge in [0, 0.05) is 13.3 Å². The molecule has 56 heavy (non-hydrogen) atoms. The van der Waals surface area contributed by atoms with Crippen molar-refractivity contribution in [2.75, 3.05) is 5.75 Å². The molecule has 294 valence electrons. The molecule has 0 aliphatic rings. The Morgan fingerprint density at radius 3 is 1.68 bits per heavy atom. The third-order valence-corrected chi connectivity index (χ3v) is 10.7. The highest BCUT2D eigenvalue weighted by Gasteiger charge is 2.36. The van der Waals surface area contributed by atoms with Crippen molar-refractivity contribution in [3.63, 3.8) is 0 Å². The summed E-state index contributed by atoms with van der Waals surface area (Å²) in [6, 6.07) is 37.2. The largest absolute Gasteiger partial charge is 0.458 e. The SMILES string of the molecule is CC(=O)O[C@@H](/C=C/CCSC(c1ccccc1)(c1ccccc1)c1ccccc1)CC(=O)N[C@H](C)C(=O)N[C@H](Cc1ccccc1)C(=O)N[C@@H](C(N)=O)C(C)C. The van der Waals surface area contributed by atoms with Gasteiger partial charge in [-0.1, -0.05) is 141 Å². The molecule has 0 bridgehead atoms. The number of amides is 4. The highest BCUT2D eigenvalue weighted by molar-refractivity contribution is 8.00. The van der Waals surface area contributed by atoms with Gasteiger partial charge in [0.05, 0.1) is 11.2 Å². The van der Waals surface area contributed by atoms with Crippen LogP contribution in [0.1, 0.15) is 62.8 Å². The summed E-state index contributed by atoms with van der Waals surface area (Å²) in [6.45, 7) is 6.28. The first-order valence-electron chi connectivity index (χ1n) is 18.8. The monoisotopic (exact) mass is 776 g/mol. The fourth-order valence-electron chi connectivity index (χ4n) is 6.38. The van der Waals surface area contributed by atoms with E-state index in [1.807, 2.05) is 91.0 Å². The zero-order chi connectivity index (χ0) is 40.5. The molecule has 4 amide bonds. The predicted molar refractivity (Wildman–Crippen MR) is 221 cm³/mol. The normalized spacial score (nSPS) is 13.6. The highest BCUT2D eigenvalue weighted by atomic mass is 32.2. The van der Waals surface area contributed by atoms with Gasteiger partial charge in [0.25, 0.3) is 0 Å². The second-order valence-corrected chi connectivity index (χ2v) is 15.2. The zero-order valence-corrected chi connectivity index (χ0v) is 33.2. The van der Waals surface area contributed by atoms with E-state index in [4.69, 9.17) is 10.5 Å². The summed E-state index contributed by atoms with van der Waals surface area (Å²) in [6.07, 6.45) is 3.28. The lowest BCUT2D eigenvalue weighted by molar-refractivity contribution is -0.145. The molecule has 5 N–H and O–H groups in total. The Balaban J connectivity index is 1.41. The second kappa shape index (κ2) is 21.4. The molecule has 0 heterocycles. The van der Waals surface area contributed by atoms with Crippen molar-refractivity contribution in [1.82, 2.24) is 16.0 Å². The van der Waals surface area contributed by atoms with E-state index in [2.05, 4.69) is 52.3 Å². The molecule has 0 aromatic heterocycles. The minimum absolute atomic E-state index is 0.142. The Hall–Kier alpha value is -5.68. The van der Waals surface area contributed by atoms with E-state index in [-0.39, 0.29) is 18.8 Å². The van der Waals surface area contributed by atoms with Crippen LogP contribution in [0.5, 0.6) is 0 Å². The van der Waals surface area contributed by atoms with Gasteiger partial charge >= 0.3 is 5.97 Å². The van der Waals surface area contributed by atoms with Crippen LogP contribution < -0.4 is 21.7 Å². The van der Waals surface area contributed by atoms with E-state index in [9.17, 15) is 24.0 Å². The summed E-state index contributed by atoms with van der Waals surface area (Å²) < 4.78 is 4.99. The number of nitrogens with two attached hydrogens (primary N) is 1. The first-order valence-corrected chi connectivity index (χ1v) is 19.8. The number of nitrogens with one attached hydrogen (secondary N) is 3. The molecule has 0 aliphatic carbocycles. The summed E-state index contributed by atoms with van der Waals surface area (Å²) in [5.41, 5.74) is 9.75. The fourth-order valence-corrected chi connectivity index (χ4v) is 7.85. The number of hydrogen-bond donors (Lipinski definition) is 4. The lowest BCUT2D eigenvalue weighted by Gasteiger charge is -2.35. The maximum atomic E-state index is 13.3. The molecule has 0 aliphatic heterocycles. The number of carbonyl (C=O) groups excluding carboxylic acids is 5. The van der Waals surface area contributed by atoms with Crippen LogP contribution in [0.3, 0.4) is 0 Å². The third kappa shape index (κ3) is 12.4. The molecule has 0 saturated carbocycles. The summed E-state index contributed by atoms with van der Waals surface area (Å²) in [4.78, 5) is 63.9. The van der Waals surface area contributed by atoms with Crippen LogP contribution in [-0.2, 0) is 39.9 Å². The molecule has 4 aromatic carbocycles. The number of allylic oxidation sites excluding steroid dienone is 1. The molecule has 0 radical (unpaired) electrons. The molecule has 0 spiro atoms. The average Bonchev–Trinajstić information content (AvgIpc) is 3.18. The number of hydrogen-bond acceptors (Lipinski definition) is 7. The Labute approximate surface area is 334 Å². The molecular formula is C45H52N4O6S. The fraction of sp³-hybridized carbons (Fsp3) is 0.311. The summed E-state index contributed by atoms with van der Waals surface area (Å²) in [5.74, 6) is -2.50. The maximum absolute atomic E-state index is 13.3. The number of primary amides is 1. The molecule has 4 atom stereocenters. The summed E-state index contributed by atoms with van der Waals surface area (Å²) in [5, 5.41) is 8.03. The molecule has 0 saturated heterocycles. The standard InChI is InChI=1S/C45H52N4O6S/c1-31(2)41(42(46)52)49-44(54)39(29-34-19-9-5-10-20-34)48-43(53)32(3)47-40(51)30-38(55-33(4)50)27-17-18-28-56-45(35-21-11-6-12-22-35,36-23-13-7-14-24-36)37-25-15-8-16-26-37/h5-17,19-27,31-32,38-39,41H,18,28-30H2,1-4H3,(H2,46,52)(H,47,51)(H,48,53)(H,49,54)/b27-17+/t32-,38+,39-,41-/m1/s1. The van der Waals surface area contributed by atoms with Gasteiger partial charge in [-0.15, -0.1) is 11.8 Å². The van der Waals surface area contributed by atoms with Gasteiger partial charge in [0.2, 0.25) is 23.6 Å². The lowest BCUT2D eigenvalue weighted by atomic mass is 9.84. The molecule has 4 rings (SSSR count). The van der Waals surface area contributed by atoms with Crippen LogP contribution in [-0.4, -0.2) is 59.6 Å². The lowest BCUT2D eigenvalue weighted by Crippen LogP contribution is -2.57. The average molecular weight is 777 g/mol. The number of esters is 1. The minimum Gasteiger partial charge on any atom is -0.458 e. The van der Waals surface area contributed by atoms with Crippen molar-refractivity contribution in [2.24, 2.45) is 11.7 Å². The van der Waals surface area contributed by atoms with Gasteiger partial charge in [-0.3, -0.25) is 24.0 Å². The van der Waals surface area contributed by atoms with E-state index in [1.54, 1.807) is 31.7 Å². The zero-order valence-electron chi connectivity index (χ0n) is 32.4. The Kier molecular flexibility index (Phi) is 16.5. The molecule has 10 nitrogen and oxygen atoms in total. The third-order valence-electron chi connectivity index (χ3n) is 9.16. The van der Waals surface area contributed by atoms with E-state index >= 15 is 0 Å². The van der Waals surface area contributed by atoms with Crippen LogP contribution in [0.4, 0.5) is 0 Å². The Morgan fingerprint density at radius 2 is 1.21 bits per heavy atom. The van der Waals surface area contributed by atoms with Gasteiger partial charge in [-0.2, -0.15) is 0 Å². The molecule has 11 heteroatoms. The van der Waals surface area contributed by atoms with Crippen molar-refractivity contribution in [1.29, 1.82) is 0 Å². The Morgan fingerprint density at radius 1 is 0.714 bits per heavy atom. The highest BCUT2D eigenvalue weighted by Crippen LogP contribution is 2.48.